The van der Waals surface area contributed by atoms with E-state index in [1.807, 2.05) is 12.1 Å². The lowest BCUT2D eigenvalue weighted by Gasteiger charge is -2.14. The van der Waals surface area contributed by atoms with Crippen LogP contribution in [0.15, 0.2) is 41.4 Å². The summed E-state index contributed by atoms with van der Waals surface area (Å²) < 4.78 is 37.4. The van der Waals surface area contributed by atoms with Gasteiger partial charge >= 0.3 is 0 Å². The molecule has 0 atom stereocenters. The second-order valence-electron chi connectivity index (χ2n) is 5.49. The van der Waals surface area contributed by atoms with Crippen molar-refractivity contribution in [1.82, 2.24) is 10.6 Å². The SMILES string of the molecule is CN=C(NCCc1cccc(F)c1F)NCc1ccc(OC)cc1OC. The Labute approximate surface area is 152 Å². The number of hydrogen-bond donors (Lipinski definition) is 2. The highest BCUT2D eigenvalue weighted by atomic mass is 19.2. The topological polar surface area (TPSA) is 54.9 Å². The number of guanidine groups is 1. The number of rotatable bonds is 7. The molecule has 0 fully saturated rings. The lowest BCUT2D eigenvalue weighted by Crippen LogP contribution is -2.38. The molecule has 0 radical (unpaired) electrons. The van der Waals surface area contributed by atoms with Gasteiger partial charge in [0.05, 0.1) is 14.2 Å². The minimum absolute atomic E-state index is 0.324. The van der Waals surface area contributed by atoms with Crippen molar-refractivity contribution < 1.29 is 18.3 Å². The van der Waals surface area contributed by atoms with Crippen LogP contribution in [0.3, 0.4) is 0 Å². The Balaban J connectivity index is 1.89. The fraction of sp³-hybridized carbons (Fsp3) is 0.316. The molecule has 0 bridgehead atoms. The zero-order valence-corrected chi connectivity index (χ0v) is 15.1. The molecule has 0 unspecified atom stereocenters. The molecule has 26 heavy (non-hydrogen) atoms. The summed E-state index contributed by atoms with van der Waals surface area (Å²) in [5.74, 6) is 0.330. The van der Waals surface area contributed by atoms with Crippen LogP contribution in [0, 0.1) is 11.6 Å². The van der Waals surface area contributed by atoms with E-state index in [1.54, 1.807) is 33.4 Å². The van der Waals surface area contributed by atoms with Crippen LogP contribution in [0.5, 0.6) is 11.5 Å². The molecule has 2 aromatic rings. The van der Waals surface area contributed by atoms with E-state index in [0.717, 1.165) is 11.6 Å². The molecule has 5 nitrogen and oxygen atoms in total. The van der Waals surface area contributed by atoms with Crippen LogP contribution in [0.2, 0.25) is 0 Å². The Morgan fingerprint density at radius 2 is 1.85 bits per heavy atom. The van der Waals surface area contributed by atoms with Crippen LogP contribution in [0.4, 0.5) is 8.78 Å². The van der Waals surface area contributed by atoms with E-state index in [1.165, 1.54) is 6.07 Å². The first-order chi connectivity index (χ1) is 12.6. The lowest BCUT2D eigenvalue weighted by molar-refractivity contribution is 0.390. The van der Waals surface area contributed by atoms with Gasteiger partial charge in [-0.25, -0.2) is 8.78 Å². The highest BCUT2D eigenvalue weighted by Gasteiger charge is 2.08. The van der Waals surface area contributed by atoms with Gasteiger partial charge in [-0.15, -0.1) is 0 Å². The molecule has 2 N–H and O–H groups in total. The number of ether oxygens (including phenoxy) is 2. The van der Waals surface area contributed by atoms with Crippen molar-refractivity contribution in [3.63, 3.8) is 0 Å². The Morgan fingerprint density at radius 1 is 1.04 bits per heavy atom. The van der Waals surface area contributed by atoms with Crippen molar-refractivity contribution in [1.29, 1.82) is 0 Å². The molecule has 0 aliphatic heterocycles. The van der Waals surface area contributed by atoms with E-state index in [2.05, 4.69) is 15.6 Å². The number of benzene rings is 2. The average molecular weight is 363 g/mol. The second-order valence-corrected chi connectivity index (χ2v) is 5.49. The third-order valence-corrected chi connectivity index (χ3v) is 3.88. The van der Waals surface area contributed by atoms with E-state index in [-0.39, 0.29) is 0 Å². The fourth-order valence-corrected chi connectivity index (χ4v) is 2.45. The Morgan fingerprint density at radius 3 is 2.54 bits per heavy atom. The van der Waals surface area contributed by atoms with Crippen molar-refractivity contribution in [2.45, 2.75) is 13.0 Å². The molecule has 140 valence electrons. The second kappa shape index (κ2) is 9.60. The minimum atomic E-state index is -0.836. The standard InChI is InChI=1S/C19H23F2N3O2/c1-22-19(23-10-9-13-5-4-6-16(20)18(13)21)24-12-14-7-8-15(25-2)11-17(14)26-3/h4-8,11H,9-10,12H2,1-3H3,(H2,22,23,24). The van der Waals surface area contributed by atoms with Crippen LogP contribution in [0.1, 0.15) is 11.1 Å². The van der Waals surface area contributed by atoms with Crippen LogP contribution >= 0.6 is 0 Å². The molecule has 0 aliphatic carbocycles. The average Bonchev–Trinajstić information content (AvgIpc) is 2.67. The monoisotopic (exact) mass is 363 g/mol. The first-order valence-corrected chi connectivity index (χ1v) is 8.17. The number of nitrogens with zero attached hydrogens (tertiary/aromatic N) is 1. The van der Waals surface area contributed by atoms with Crippen molar-refractivity contribution in [3.8, 4) is 11.5 Å². The van der Waals surface area contributed by atoms with Gasteiger partial charge in [-0.05, 0) is 30.2 Å². The zero-order valence-electron chi connectivity index (χ0n) is 15.1. The van der Waals surface area contributed by atoms with Gasteiger partial charge in [0.15, 0.2) is 17.6 Å². The Hall–Kier alpha value is -2.83. The minimum Gasteiger partial charge on any atom is -0.497 e. The van der Waals surface area contributed by atoms with Crippen LogP contribution in [0.25, 0.3) is 0 Å². The van der Waals surface area contributed by atoms with Crippen molar-refractivity contribution >= 4 is 5.96 Å². The summed E-state index contributed by atoms with van der Waals surface area (Å²) in [6.45, 7) is 0.904. The van der Waals surface area contributed by atoms with Gasteiger partial charge in [-0.2, -0.15) is 0 Å². The van der Waals surface area contributed by atoms with Gasteiger partial charge in [-0.1, -0.05) is 12.1 Å². The molecule has 0 spiro atoms. The summed E-state index contributed by atoms with van der Waals surface area (Å²) in [7, 11) is 4.84. The summed E-state index contributed by atoms with van der Waals surface area (Å²) >= 11 is 0. The van der Waals surface area contributed by atoms with Crippen LogP contribution in [-0.4, -0.2) is 33.8 Å². The highest BCUT2D eigenvalue weighted by Crippen LogP contribution is 2.24. The summed E-state index contributed by atoms with van der Waals surface area (Å²) in [5.41, 5.74) is 1.26. The Kier molecular flexibility index (Phi) is 7.20. The third kappa shape index (κ3) is 5.08. The van der Waals surface area contributed by atoms with Crippen molar-refractivity contribution in [2.24, 2.45) is 4.99 Å². The molecule has 0 heterocycles. The molecule has 0 aromatic heterocycles. The molecule has 0 aliphatic rings. The van der Waals surface area contributed by atoms with Gasteiger partial charge in [0.2, 0.25) is 0 Å². The van der Waals surface area contributed by atoms with Crippen molar-refractivity contribution in [3.05, 3.63) is 59.2 Å². The molecule has 7 heteroatoms. The summed E-state index contributed by atoms with van der Waals surface area (Å²) in [4.78, 5) is 4.12. The van der Waals surface area contributed by atoms with Crippen LogP contribution in [-0.2, 0) is 13.0 Å². The van der Waals surface area contributed by atoms with Crippen LogP contribution < -0.4 is 20.1 Å². The number of methoxy groups -OCH3 is 2. The molecule has 2 aromatic carbocycles. The first-order valence-electron chi connectivity index (χ1n) is 8.17. The molecular formula is C19H23F2N3O2. The number of nitrogens with one attached hydrogen (secondary N) is 2. The van der Waals surface area contributed by atoms with E-state index in [0.29, 0.717) is 42.5 Å². The van der Waals surface area contributed by atoms with Gasteiger partial charge in [0.1, 0.15) is 11.5 Å². The zero-order chi connectivity index (χ0) is 18.9. The number of hydrogen-bond acceptors (Lipinski definition) is 3. The summed E-state index contributed by atoms with van der Waals surface area (Å²) in [6.07, 6.45) is 0.343. The molecule has 0 saturated carbocycles. The van der Waals surface area contributed by atoms with E-state index < -0.39 is 11.6 Å². The molecule has 0 amide bonds. The molecule has 0 saturated heterocycles. The molecule has 2 rings (SSSR count). The fourth-order valence-electron chi connectivity index (χ4n) is 2.45. The molecular weight excluding hydrogens is 340 g/mol. The predicted molar refractivity (Wildman–Crippen MR) is 97.8 cm³/mol. The maximum atomic E-state index is 13.6. The van der Waals surface area contributed by atoms with E-state index >= 15 is 0 Å². The van der Waals surface area contributed by atoms with Gasteiger partial charge in [0.25, 0.3) is 0 Å². The summed E-state index contributed by atoms with van der Waals surface area (Å²) in [5, 5.41) is 6.24. The van der Waals surface area contributed by atoms with Gasteiger partial charge in [-0.3, -0.25) is 4.99 Å². The largest absolute Gasteiger partial charge is 0.497 e. The first kappa shape index (κ1) is 19.5. The maximum Gasteiger partial charge on any atom is 0.191 e. The lowest BCUT2D eigenvalue weighted by atomic mass is 10.1. The van der Waals surface area contributed by atoms with Crippen molar-refractivity contribution in [2.75, 3.05) is 27.8 Å². The Bertz CT molecular complexity index is 766. The maximum absolute atomic E-state index is 13.6. The quantitative estimate of drug-likeness (QED) is 0.587. The third-order valence-electron chi connectivity index (χ3n) is 3.88. The smallest absolute Gasteiger partial charge is 0.191 e. The van der Waals surface area contributed by atoms with Gasteiger partial charge in [0, 0.05) is 31.8 Å². The normalized spacial score (nSPS) is 11.2. The number of aliphatic imine (C=N–C) groups is 1. The van der Waals surface area contributed by atoms with E-state index in [4.69, 9.17) is 9.47 Å². The highest BCUT2D eigenvalue weighted by molar-refractivity contribution is 5.79. The van der Waals surface area contributed by atoms with E-state index in [9.17, 15) is 8.78 Å². The van der Waals surface area contributed by atoms with Gasteiger partial charge < -0.3 is 20.1 Å². The number of halogens is 2. The summed E-state index contributed by atoms with van der Waals surface area (Å²) in [6, 6.07) is 9.73. The predicted octanol–water partition coefficient (Wildman–Crippen LogP) is 2.89.